The molecular formula is C19H23N5O. The molecule has 1 aromatic carbocycles. The molecule has 1 amide bonds. The molecule has 0 saturated carbocycles. The van der Waals surface area contributed by atoms with Gasteiger partial charge in [0, 0.05) is 24.6 Å². The number of carbonyl (C=O) groups excluding carboxylic acids is 1. The quantitative estimate of drug-likeness (QED) is 0.778. The van der Waals surface area contributed by atoms with E-state index in [1.165, 1.54) is 0 Å². The van der Waals surface area contributed by atoms with Gasteiger partial charge in [-0.05, 0) is 44.5 Å². The number of carbonyl (C=O) groups is 1. The molecule has 0 saturated heterocycles. The van der Waals surface area contributed by atoms with Crippen LogP contribution in [0.15, 0.2) is 42.9 Å². The molecule has 25 heavy (non-hydrogen) atoms. The Labute approximate surface area is 147 Å². The monoisotopic (exact) mass is 337 g/mol. The summed E-state index contributed by atoms with van der Waals surface area (Å²) in [5, 5.41) is 7.53. The van der Waals surface area contributed by atoms with E-state index in [1.807, 2.05) is 61.3 Å². The predicted octanol–water partition coefficient (Wildman–Crippen LogP) is 2.64. The van der Waals surface area contributed by atoms with E-state index in [-0.39, 0.29) is 11.9 Å². The number of benzene rings is 1. The number of nitrogens with one attached hydrogen (secondary N) is 1. The Kier molecular flexibility index (Phi) is 4.70. The van der Waals surface area contributed by atoms with Crippen molar-refractivity contribution in [2.75, 3.05) is 0 Å². The summed E-state index contributed by atoms with van der Waals surface area (Å²) in [5.41, 5.74) is 5.07. The summed E-state index contributed by atoms with van der Waals surface area (Å²) in [6, 6.07) is 10.1. The van der Waals surface area contributed by atoms with E-state index >= 15 is 0 Å². The number of imidazole rings is 1. The Morgan fingerprint density at radius 2 is 1.96 bits per heavy atom. The van der Waals surface area contributed by atoms with E-state index in [9.17, 15) is 4.79 Å². The number of hydrogen-bond acceptors (Lipinski definition) is 3. The van der Waals surface area contributed by atoms with Crippen LogP contribution in [-0.2, 0) is 18.3 Å². The number of rotatable bonds is 5. The molecule has 6 heteroatoms. The third kappa shape index (κ3) is 3.79. The van der Waals surface area contributed by atoms with Gasteiger partial charge in [0.2, 0.25) is 5.91 Å². The van der Waals surface area contributed by atoms with Crippen LogP contribution in [0.3, 0.4) is 0 Å². The first-order chi connectivity index (χ1) is 11.9. The largest absolute Gasteiger partial charge is 0.349 e. The average Bonchev–Trinajstić information content (AvgIpc) is 3.12. The maximum Gasteiger partial charge on any atom is 0.226 e. The molecule has 1 unspecified atom stereocenters. The molecule has 0 fully saturated rings. The smallest absolute Gasteiger partial charge is 0.226 e. The van der Waals surface area contributed by atoms with Crippen LogP contribution < -0.4 is 5.32 Å². The van der Waals surface area contributed by atoms with Crippen molar-refractivity contribution >= 4 is 5.91 Å². The Hall–Kier alpha value is -2.89. The van der Waals surface area contributed by atoms with E-state index in [1.54, 1.807) is 12.5 Å². The van der Waals surface area contributed by atoms with Gasteiger partial charge < -0.3 is 9.88 Å². The van der Waals surface area contributed by atoms with Crippen molar-refractivity contribution in [1.29, 1.82) is 0 Å². The van der Waals surface area contributed by atoms with Gasteiger partial charge in [-0.2, -0.15) is 5.10 Å². The van der Waals surface area contributed by atoms with Crippen LogP contribution in [-0.4, -0.2) is 25.2 Å². The van der Waals surface area contributed by atoms with Crippen LogP contribution in [0.1, 0.15) is 35.6 Å². The number of aromatic nitrogens is 4. The van der Waals surface area contributed by atoms with Crippen molar-refractivity contribution in [1.82, 2.24) is 24.6 Å². The molecule has 1 atom stereocenters. The Morgan fingerprint density at radius 3 is 2.52 bits per heavy atom. The normalized spacial score (nSPS) is 12.2. The lowest BCUT2D eigenvalue weighted by molar-refractivity contribution is -0.121. The fourth-order valence-electron chi connectivity index (χ4n) is 2.89. The van der Waals surface area contributed by atoms with E-state index in [2.05, 4.69) is 21.5 Å². The molecule has 6 nitrogen and oxygen atoms in total. The van der Waals surface area contributed by atoms with Gasteiger partial charge in [0.15, 0.2) is 0 Å². The van der Waals surface area contributed by atoms with Crippen molar-refractivity contribution < 1.29 is 4.79 Å². The van der Waals surface area contributed by atoms with Crippen molar-refractivity contribution in [2.24, 2.45) is 7.05 Å². The first kappa shape index (κ1) is 17.0. The van der Waals surface area contributed by atoms with Crippen molar-refractivity contribution in [3.8, 4) is 5.69 Å². The molecular weight excluding hydrogens is 314 g/mol. The second-order valence-electron chi connectivity index (χ2n) is 6.39. The number of nitrogens with zero attached hydrogens (tertiary/aromatic N) is 4. The summed E-state index contributed by atoms with van der Waals surface area (Å²) >= 11 is 0. The predicted molar refractivity (Wildman–Crippen MR) is 96.5 cm³/mol. The molecule has 3 rings (SSSR count). The third-order valence-corrected chi connectivity index (χ3v) is 4.28. The van der Waals surface area contributed by atoms with Crippen molar-refractivity contribution in [2.45, 2.75) is 33.2 Å². The third-order valence-electron chi connectivity index (χ3n) is 4.28. The second-order valence-corrected chi connectivity index (χ2v) is 6.39. The molecule has 3 aromatic rings. The first-order valence-corrected chi connectivity index (χ1v) is 8.32. The number of amides is 1. The highest BCUT2D eigenvalue weighted by Gasteiger charge is 2.12. The molecule has 0 aliphatic heterocycles. The van der Waals surface area contributed by atoms with Crippen LogP contribution in [0.2, 0.25) is 0 Å². The second kappa shape index (κ2) is 6.93. The van der Waals surface area contributed by atoms with E-state index < -0.39 is 0 Å². The highest BCUT2D eigenvalue weighted by Crippen LogP contribution is 2.17. The van der Waals surface area contributed by atoms with E-state index in [0.29, 0.717) is 6.42 Å². The molecule has 0 aliphatic rings. The van der Waals surface area contributed by atoms with Crippen LogP contribution in [0.25, 0.3) is 5.69 Å². The Morgan fingerprint density at radius 1 is 1.24 bits per heavy atom. The van der Waals surface area contributed by atoms with Gasteiger partial charge in [0.1, 0.15) is 0 Å². The minimum absolute atomic E-state index is 0.0151. The Bertz CT molecular complexity index is 876. The van der Waals surface area contributed by atoms with Gasteiger partial charge in [0.05, 0.1) is 30.2 Å². The zero-order valence-electron chi connectivity index (χ0n) is 15.0. The maximum atomic E-state index is 12.2. The fourth-order valence-corrected chi connectivity index (χ4v) is 2.89. The lowest BCUT2D eigenvalue weighted by Crippen LogP contribution is -2.28. The maximum absolute atomic E-state index is 12.2. The van der Waals surface area contributed by atoms with Crippen LogP contribution in [0.5, 0.6) is 0 Å². The first-order valence-electron chi connectivity index (χ1n) is 8.32. The fraction of sp³-hybridized carbons (Fsp3) is 0.316. The highest BCUT2D eigenvalue weighted by molar-refractivity contribution is 5.78. The van der Waals surface area contributed by atoms with E-state index in [0.717, 1.165) is 28.3 Å². The molecule has 0 aliphatic carbocycles. The summed E-state index contributed by atoms with van der Waals surface area (Å²) in [6.07, 6.45) is 3.74. The zero-order valence-corrected chi connectivity index (χ0v) is 15.0. The molecule has 2 aromatic heterocycles. The Balaban J connectivity index is 1.66. The van der Waals surface area contributed by atoms with Gasteiger partial charge in [-0.25, -0.2) is 9.67 Å². The van der Waals surface area contributed by atoms with Gasteiger partial charge in [-0.15, -0.1) is 0 Å². The van der Waals surface area contributed by atoms with Gasteiger partial charge >= 0.3 is 0 Å². The topological polar surface area (TPSA) is 64.7 Å². The molecule has 130 valence electrons. The summed E-state index contributed by atoms with van der Waals surface area (Å²) in [6.45, 7) is 6.01. The zero-order chi connectivity index (χ0) is 18.0. The van der Waals surface area contributed by atoms with Crippen LogP contribution in [0.4, 0.5) is 0 Å². The lowest BCUT2D eigenvalue weighted by atomic mass is 10.1. The SMILES string of the molecule is Cc1cc(C)n(-c2ccc(C(C)NC(=O)Cc3cncn3C)cc2)n1. The summed E-state index contributed by atoms with van der Waals surface area (Å²) in [7, 11) is 1.89. The summed E-state index contributed by atoms with van der Waals surface area (Å²) in [5.74, 6) is -0.0151. The standard InChI is InChI=1S/C19H23N5O/c1-13-9-14(2)24(22-13)17-7-5-16(6-8-17)15(3)21-19(25)10-18-11-20-12-23(18)4/h5-9,11-12,15H,10H2,1-4H3,(H,21,25). The van der Waals surface area contributed by atoms with Crippen LogP contribution >= 0.6 is 0 Å². The average molecular weight is 337 g/mol. The minimum Gasteiger partial charge on any atom is -0.349 e. The highest BCUT2D eigenvalue weighted by atomic mass is 16.1. The van der Waals surface area contributed by atoms with Gasteiger partial charge in [-0.3, -0.25) is 4.79 Å². The minimum atomic E-state index is -0.0600. The molecule has 0 spiro atoms. The molecule has 2 heterocycles. The van der Waals surface area contributed by atoms with Gasteiger partial charge in [0.25, 0.3) is 0 Å². The summed E-state index contributed by atoms with van der Waals surface area (Å²) in [4.78, 5) is 16.2. The van der Waals surface area contributed by atoms with Crippen molar-refractivity contribution in [3.05, 3.63) is 65.5 Å². The number of hydrogen-bond donors (Lipinski definition) is 1. The van der Waals surface area contributed by atoms with Crippen molar-refractivity contribution in [3.63, 3.8) is 0 Å². The molecule has 1 N–H and O–H groups in total. The molecule has 0 bridgehead atoms. The number of aryl methyl sites for hydroxylation is 3. The van der Waals surface area contributed by atoms with E-state index in [4.69, 9.17) is 0 Å². The van der Waals surface area contributed by atoms with Gasteiger partial charge in [-0.1, -0.05) is 12.1 Å². The molecule has 0 radical (unpaired) electrons. The summed E-state index contributed by atoms with van der Waals surface area (Å²) < 4.78 is 3.78. The lowest BCUT2D eigenvalue weighted by Gasteiger charge is -2.15. The van der Waals surface area contributed by atoms with Crippen LogP contribution in [0, 0.1) is 13.8 Å².